The van der Waals surface area contributed by atoms with Crippen molar-refractivity contribution in [3.63, 3.8) is 0 Å². The molecule has 2 saturated heterocycles. The summed E-state index contributed by atoms with van der Waals surface area (Å²) in [7, 11) is 0. The fraction of sp³-hybridized carbons (Fsp3) is 0.538. The number of halogens is 2. The molecule has 0 amide bonds. The van der Waals surface area contributed by atoms with Crippen LogP contribution in [-0.4, -0.2) is 17.7 Å². The molecule has 2 N–H and O–H groups in total. The van der Waals surface area contributed by atoms with Crippen LogP contribution >= 0.6 is 15.9 Å². The van der Waals surface area contributed by atoms with Crippen LogP contribution in [0.5, 0.6) is 0 Å². The number of hydrogen-bond acceptors (Lipinski definition) is 2. The van der Waals surface area contributed by atoms with Crippen LogP contribution < -0.4 is 5.73 Å². The van der Waals surface area contributed by atoms with E-state index in [1.165, 1.54) is 6.07 Å². The molecule has 1 aromatic rings. The molecule has 3 atom stereocenters. The Morgan fingerprint density at radius 3 is 2.94 bits per heavy atom. The summed E-state index contributed by atoms with van der Waals surface area (Å²) in [6.07, 6.45) is 4.18. The first-order valence-electron chi connectivity index (χ1n) is 5.95. The van der Waals surface area contributed by atoms with E-state index in [4.69, 9.17) is 10.5 Å². The van der Waals surface area contributed by atoms with Gasteiger partial charge >= 0.3 is 0 Å². The Labute approximate surface area is 108 Å². The third-order valence-corrected chi connectivity index (χ3v) is 4.66. The fourth-order valence-corrected chi connectivity index (χ4v) is 3.44. The van der Waals surface area contributed by atoms with Crippen molar-refractivity contribution in [2.24, 2.45) is 5.73 Å². The van der Waals surface area contributed by atoms with Crippen molar-refractivity contribution in [2.75, 3.05) is 0 Å². The maximum atomic E-state index is 13.2. The van der Waals surface area contributed by atoms with Gasteiger partial charge in [-0.1, -0.05) is 15.9 Å². The van der Waals surface area contributed by atoms with E-state index in [-0.39, 0.29) is 17.5 Å². The highest BCUT2D eigenvalue weighted by atomic mass is 79.9. The fourth-order valence-electron chi connectivity index (χ4n) is 3.05. The van der Waals surface area contributed by atoms with E-state index in [0.717, 1.165) is 29.3 Å². The smallest absolute Gasteiger partial charge is 0.123 e. The maximum absolute atomic E-state index is 13.2. The predicted octanol–water partition coefficient (Wildman–Crippen LogP) is 2.78. The van der Waals surface area contributed by atoms with E-state index in [0.29, 0.717) is 12.5 Å². The first-order chi connectivity index (χ1) is 8.07. The molecule has 0 aromatic heterocycles. The molecule has 2 aliphatic rings. The highest BCUT2D eigenvalue weighted by Crippen LogP contribution is 2.42. The molecular weight excluding hydrogens is 285 g/mol. The molecule has 2 nitrogen and oxygen atoms in total. The summed E-state index contributed by atoms with van der Waals surface area (Å²) in [6, 6.07) is 4.75. The summed E-state index contributed by atoms with van der Waals surface area (Å²) >= 11 is 3.45. The van der Waals surface area contributed by atoms with E-state index >= 15 is 0 Å². The number of benzene rings is 1. The van der Waals surface area contributed by atoms with Crippen molar-refractivity contribution in [3.8, 4) is 0 Å². The summed E-state index contributed by atoms with van der Waals surface area (Å²) < 4.78 is 20.0. The van der Waals surface area contributed by atoms with E-state index in [9.17, 15) is 4.39 Å². The lowest BCUT2D eigenvalue weighted by Crippen LogP contribution is -2.50. The molecule has 2 bridgehead atoms. The summed E-state index contributed by atoms with van der Waals surface area (Å²) in [6.45, 7) is 0. The number of fused-ring (bicyclic) bond motifs is 2. The van der Waals surface area contributed by atoms with Gasteiger partial charge < -0.3 is 10.5 Å². The van der Waals surface area contributed by atoms with Gasteiger partial charge in [-0.15, -0.1) is 0 Å². The average Bonchev–Trinajstić information content (AvgIpc) is 2.83. The monoisotopic (exact) mass is 299 g/mol. The molecule has 1 aromatic carbocycles. The van der Waals surface area contributed by atoms with E-state index in [1.807, 2.05) is 0 Å². The minimum absolute atomic E-state index is 0.141. The lowest BCUT2D eigenvalue weighted by molar-refractivity contribution is 0.0856. The SMILES string of the molecule is NC1(Cc2cc(F)ccc2Br)CC2CCC1O2. The van der Waals surface area contributed by atoms with Crippen molar-refractivity contribution in [1.82, 2.24) is 0 Å². The average molecular weight is 300 g/mol. The Balaban J connectivity index is 1.85. The van der Waals surface area contributed by atoms with Gasteiger partial charge in [0.15, 0.2) is 0 Å². The van der Waals surface area contributed by atoms with E-state index in [1.54, 1.807) is 12.1 Å². The van der Waals surface area contributed by atoms with Gasteiger partial charge in [-0.3, -0.25) is 0 Å². The van der Waals surface area contributed by atoms with Crippen molar-refractivity contribution in [1.29, 1.82) is 0 Å². The first-order valence-corrected chi connectivity index (χ1v) is 6.74. The molecule has 0 radical (unpaired) electrons. The van der Waals surface area contributed by atoms with Crippen LogP contribution in [0.3, 0.4) is 0 Å². The topological polar surface area (TPSA) is 35.2 Å². The van der Waals surface area contributed by atoms with Crippen molar-refractivity contribution in [3.05, 3.63) is 34.1 Å². The van der Waals surface area contributed by atoms with Crippen molar-refractivity contribution in [2.45, 2.75) is 43.4 Å². The minimum atomic E-state index is -0.320. The zero-order valence-electron chi connectivity index (χ0n) is 9.46. The summed E-state index contributed by atoms with van der Waals surface area (Å²) in [5.41, 5.74) is 7.04. The number of ether oxygens (including phenoxy) is 1. The van der Waals surface area contributed by atoms with Crippen LogP contribution in [0.25, 0.3) is 0 Å². The van der Waals surface area contributed by atoms with Gasteiger partial charge in [-0.2, -0.15) is 0 Å². The molecule has 0 saturated carbocycles. The second-order valence-corrected chi connectivity index (χ2v) is 6.03. The van der Waals surface area contributed by atoms with E-state index < -0.39 is 0 Å². The number of nitrogens with two attached hydrogens (primary N) is 1. The third kappa shape index (κ3) is 2.02. The van der Waals surface area contributed by atoms with Crippen LogP contribution in [0, 0.1) is 5.82 Å². The largest absolute Gasteiger partial charge is 0.373 e. The Bertz CT molecular complexity index is 453. The molecule has 3 rings (SSSR count). The minimum Gasteiger partial charge on any atom is -0.373 e. The molecule has 17 heavy (non-hydrogen) atoms. The first kappa shape index (κ1) is 11.6. The predicted molar refractivity (Wildman–Crippen MR) is 67.2 cm³/mol. The second kappa shape index (κ2) is 4.04. The standard InChI is InChI=1S/C13H15BrFNO/c14-11-3-1-9(15)5-8(11)6-13(16)7-10-2-4-12(13)17-10/h1,3,5,10,12H,2,4,6-7,16H2. The Morgan fingerprint density at radius 2 is 2.29 bits per heavy atom. The zero-order valence-corrected chi connectivity index (χ0v) is 11.0. The van der Waals surface area contributed by atoms with Gasteiger partial charge in [0.2, 0.25) is 0 Å². The molecule has 4 heteroatoms. The Hall–Kier alpha value is -0.450. The van der Waals surface area contributed by atoms with Gasteiger partial charge in [0.25, 0.3) is 0 Å². The molecule has 0 aliphatic carbocycles. The molecule has 2 heterocycles. The maximum Gasteiger partial charge on any atom is 0.123 e. The van der Waals surface area contributed by atoms with Gasteiger partial charge in [0, 0.05) is 10.0 Å². The molecule has 3 unspecified atom stereocenters. The van der Waals surface area contributed by atoms with Crippen LogP contribution in [0.4, 0.5) is 4.39 Å². The normalized spacial score (nSPS) is 35.5. The molecule has 2 aliphatic heterocycles. The Kier molecular flexibility index (Phi) is 2.76. The summed E-state index contributed by atoms with van der Waals surface area (Å²) in [5, 5.41) is 0. The van der Waals surface area contributed by atoms with Gasteiger partial charge in [-0.05, 0) is 49.4 Å². The summed E-state index contributed by atoms with van der Waals surface area (Å²) in [5.74, 6) is -0.212. The molecule has 2 fully saturated rings. The Morgan fingerprint density at radius 1 is 1.47 bits per heavy atom. The van der Waals surface area contributed by atoms with Gasteiger partial charge in [0.1, 0.15) is 5.82 Å². The molecular formula is C13H15BrFNO. The van der Waals surface area contributed by atoms with Gasteiger partial charge in [-0.25, -0.2) is 4.39 Å². The zero-order chi connectivity index (χ0) is 12.0. The van der Waals surface area contributed by atoms with Crippen LogP contribution in [0.2, 0.25) is 0 Å². The van der Waals surface area contributed by atoms with Gasteiger partial charge in [0.05, 0.1) is 12.2 Å². The number of rotatable bonds is 2. The quantitative estimate of drug-likeness (QED) is 0.911. The molecule has 0 spiro atoms. The third-order valence-electron chi connectivity index (χ3n) is 3.88. The van der Waals surface area contributed by atoms with E-state index in [2.05, 4.69) is 15.9 Å². The summed E-state index contributed by atoms with van der Waals surface area (Å²) in [4.78, 5) is 0. The van der Waals surface area contributed by atoms with Crippen LogP contribution in [0.15, 0.2) is 22.7 Å². The second-order valence-electron chi connectivity index (χ2n) is 5.17. The highest BCUT2D eigenvalue weighted by molar-refractivity contribution is 9.10. The van der Waals surface area contributed by atoms with Crippen LogP contribution in [0.1, 0.15) is 24.8 Å². The lowest BCUT2D eigenvalue weighted by Gasteiger charge is -2.31. The highest BCUT2D eigenvalue weighted by Gasteiger charge is 2.49. The lowest BCUT2D eigenvalue weighted by atomic mass is 9.78. The van der Waals surface area contributed by atoms with Crippen LogP contribution in [-0.2, 0) is 11.2 Å². The number of hydrogen-bond donors (Lipinski definition) is 1. The van der Waals surface area contributed by atoms with Crippen molar-refractivity contribution < 1.29 is 9.13 Å². The molecule has 92 valence electrons. The van der Waals surface area contributed by atoms with Crippen molar-refractivity contribution >= 4 is 15.9 Å².